The molecular weight excluding hydrogens is 276 g/mol. The topological polar surface area (TPSA) is 38.7 Å². The molecule has 0 amide bonds. The Hall–Kier alpha value is -2.44. The number of aliphatic hydroxyl groups is 1. The highest BCUT2D eigenvalue weighted by molar-refractivity contribution is 5.46. The third kappa shape index (κ3) is 3.24. The largest absolute Gasteiger partial charge is 0.497 e. The van der Waals surface area contributed by atoms with E-state index in [1.807, 2.05) is 13.8 Å². The second-order valence-electron chi connectivity index (χ2n) is 5.27. The molecule has 0 bridgehead atoms. The highest BCUT2D eigenvalue weighted by Crippen LogP contribution is 2.31. The van der Waals surface area contributed by atoms with Gasteiger partial charge in [0, 0.05) is 11.1 Å². The molecule has 1 atom stereocenters. The van der Waals surface area contributed by atoms with E-state index in [9.17, 15) is 5.11 Å². The summed E-state index contributed by atoms with van der Waals surface area (Å²) in [5.41, 5.74) is -0.243. The normalized spacial score (nSPS) is 13.3. The Morgan fingerprint density at radius 2 is 1.41 bits per heavy atom. The molecule has 0 saturated carbocycles. The SMILES string of the molecule is C#CC(O)(c1ccc(OC)cc1)c1ccc(OC(C)C)cc1. The van der Waals surface area contributed by atoms with E-state index in [0.29, 0.717) is 16.9 Å². The van der Waals surface area contributed by atoms with Crippen LogP contribution in [0.15, 0.2) is 48.5 Å². The number of hydrogen-bond donors (Lipinski definition) is 1. The Labute approximate surface area is 131 Å². The van der Waals surface area contributed by atoms with Crippen molar-refractivity contribution in [3.05, 3.63) is 59.7 Å². The third-order valence-electron chi connectivity index (χ3n) is 3.36. The molecule has 2 rings (SSSR count). The minimum Gasteiger partial charge on any atom is -0.497 e. The fraction of sp³-hybridized carbons (Fsp3) is 0.263. The predicted molar refractivity (Wildman–Crippen MR) is 87.0 cm³/mol. The summed E-state index contributed by atoms with van der Waals surface area (Å²) in [6.45, 7) is 3.92. The molecule has 3 nitrogen and oxygen atoms in total. The third-order valence-corrected chi connectivity index (χ3v) is 3.36. The van der Waals surface area contributed by atoms with Gasteiger partial charge in [0.1, 0.15) is 11.5 Å². The van der Waals surface area contributed by atoms with E-state index < -0.39 is 5.60 Å². The van der Waals surface area contributed by atoms with Crippen LogP contribution in [-0.4, -0.2) is 18.3 Å². The standard InChI is InChI=1S/C19H20O3/c1-5-19(20,15-6-10-17(21-4)11-7-15)16-8-12-18(13-9-16)22-14(2)3/h1,6-14,20H,2-4H3. The first-order valence-electron chi connectivity index (χ1n) is 7.11. The molecule has 0 fully saturated rings. The number of rotatable bonds is 5. The summed E-state index contributed by atoms with van der Waals surface area (Å²) < 4.78 is 10.7. The van der Waals surface area contributed by atoms with E-state index in [1.165, 1.54) is 0 Å². The first kappa shape index (κ1) is 15.9. The molecule has 1 unspecified atom stereocenters. The van der Waals surface area contributed by atoms with Crippen molar-refractivity contribution in [2.24, 2.45) is 0 Å². The monoisotopic (exact) mass is 296 g/mol. The van der Waals surface area contributed by atoms with E-state index >= 15 is 0 Å². The van der Waals surface area contributed by atoms with Gasteiger partial charge >= 0.3 is 0 Å². The molecule has 0 heterocycles. The van der Waals surface area contributed by atoms with Gasteiger partial charge in [-0.15, -0.1) is 6.42 Å². The summed E-state index contributed by atoms with van der Waals surface area (Å²) in [4.78, 5) is 0. The van der Waals surface area contributed by atoms with E-state index in [-0.39, 0.29) is 6.10 Å². The zero-order valence-corrected chi connectivity index (χ0v) is 13.0. The quantitative estimate of drug-likeness (QED) is 0.860. The van der Waals surface area contributed by atoms with Crippen molar-refractivity contribution in [2.45, 2.75) is 25.6 Å². The van der Waals surface area contributed by atoms with Gasteiger partial charge in [-0.05, 0) is 38.1 Å². The van der Waals surface area contributed by atoms with E-state index in [0.717, 1.165) is 5.75 Å². The first-order chi connectivity index (χ1) is 10.5. The van der Waals surface area contributed by atoms with Gasteiger partial charge in [0.25, 0.3) is 0 Å². The summed E-state index contributed by atoms with van der Waals surface area (Å²) in [5, 5.41) is 10.9. The van der Waals surface area contributed by atoms with Crippen molar-refractivity contribution in [1.29, 1.82) is 0 Å². The number of methoxy groups -OCH3 is 1. The number of terminal acetylenes is 1. The van der Waals surface area contributed by atoms with Crippen molar-refractivity contribution in [1.82, 2.24) is 0 Å². The maximum Gasteiger partial charge on any atom is 0.176 e. The van der Waals surface area contributed by atoms with Crippen molar-refractivity contribution < 1.29 is 14.6 Å². The van der Waals surface area contributed by atoms with Gasteiger partial charge in [-0.25, -0.2) is 0 Å². The van der Waals surface area contributed by atoms with Crippen molar-refractivity contribution in [3.8, 4) is 23.8 Å². The number of hydrogen-bond acceptors (Lipinski definition) is 3. The summed E-state index contributed by atoms with van der Waals surface area (Å²) >= 11 is 0. The van der Waals surface area contributed by atoms with Crippen LogP contribution < -0.4 is 9.47 Å². The van der Waals surface area contributed by atoms with Gasteiger partial charge in [-0.3, -0.25) is 0 Å². The molecule has 2 aromatic carbocycles. The molecule has 1 N–H and O–H groups in total. The summed E-state index contributed by atoms with van der Waals surface area (Å²) in [6, 6.07) is 14.2. The predicted octanol–water partition coefficient (Wildman–Crippen LogP) is 3.35. The van der Waals surface area contributed by atoms with Gasteiger partial charge < -0.3 is 14.6 Å². The van der Waals surface area contributed by atoms with Gasteiger partial charge in [0.05, 0.1) is 13.2 Å². The Morgan fingerprint density at radius 1 is 0.955 bits per heavy atom. The maximum absolute atomic E-state index is 10.9. The van der Waals surface area contributed by atoms with Gasteiger partial charge in [-0.1, -0.05) is 30.2 Å². The van der Waals surface area contributed by atoms with Crippen LogP contribution in [0.5, 0.6) is 11.5 Å². The minimum atomic E-state index is -1.48. The van der Waals surface area contributed by atoms with Gasteiger partial charge in [0.15, 0.2) is 5.60 Å². The van der Waals surface area contributed by atoms with Gasteiger partial charge in [0.2, 0.25) is 0 Å². The maximum atomic E-state index is 10.9. The molecule has 22 heavy (non-hydrogen) atoms. The lowest BCUT2D eigenvalue weighted by Crippen LogP contribution is -2.25. The second kappa shape index (κ2) is 6.55. The molecular formula is C19H20O3. The van der Waals surface area contributed by atoms with Crippen molar-refractivity contribution >= 4 is 0 Å². The molecule has 0 aliphatic heterocycles. The Bertz CT molecular complexity index is 651. The van der Waals surface area contributed by atoms with Crippen LogP contribution in [0.2, 0.25) is 0 Å². The Kier molecular flexibility index (Phi) is 4.75. The van der Waals surface area contributed by atoms with Gasteiger partial charge in [-0.2, -0.15) is 0 Å². The van der Waals surface area contributed by atoms with Crippen molar-refractivity contribution in [3.63, 3.8) is 0 Å². The van der Waals surface area contributed by atoms with Crippen LogP contribution in [0.1, 0.15) is 25.0 Å². The second-order valence-corrected chi connectivity index (χ2v) is 5.27. The lowest BCUT2D eigenvalue weighted by atomic mass is 9.87. The molecule has 0 aliphatic rings. The number of ether oxygens (including phenoxy) is 2. The molecule has 3 heteroatoms. The molecule has 114 valence electrons. The highest BCUT2D eigenvalue weighted by atomic mass is 16.5. The van der Waals surface area contributed by atoms with Crippen LogP contribution in [0.3, 0.4) is 0 Å². The summed E-state index contributed by atoms with van der Waals surface area (Å²) in [5.74, 6) is 3.94. The molecule has 2 aromatic rings. The van der Waals surface area contributed by atoms with Crippen LogP contribution in [0.4, 0.5) is 0 Å². The van der Waals surface area contributed by atoms with Crippen LogP contribution in [0.25, 0.3) is 0 Å². The zero-order chi connectivity index (χ0) is 16.2. The minimum absolute atomic E-state index is 0.0963. The number of benzene rings is 2. The summed E-state index contributed by atoms with van der Waals surface area (Å²) in [7, 11) is 1.59. The average Bonchev–Trinajstić information content (AvgIpc) is 2.54. The lowest BCUT2D eigenvalue weighted by Gasteiger charge is -2.24. The molecule has 0 radical (unpaired) electrons. The van der Waals surface area contributed by atoms with E-state index in [4.69, 9.17) is 15.9 Å². The molecule has 0 saturated heterocycles. The zero-order valence-electron chi connectivity index (χ0n) is 13.0. The average molecular weight is 296 g/mol. The van der Waals surface area contributed by atoms with Crippen molar-refractivity contribution in [2.75, 3.05) is 7.11 Å². The fourth-order valence-electron chi connectivity index (χ4n) is 2.21. The van der Waals surface area contributed by atoms with Crippen LogP contribution in [-0.2, 0) is 5.60 Å². The van der Waals surface area contributed by atoms with Crippen LogP contribution >= 0.6 is 0 Å². The lowest BCUT2D eigenvalue weighted by molar-refractivity contribution is 0.145. The van der Waals surface area contributed by atoms with Crippen LogP contribution in [0, 0.1) is 12.3 Å². The Morgan fingerprint density at radius 3 is 1.77 bits per heavy atom. The van der Waals surface area contributed by atoms with E-state index in [1.54, 1.807) is 55.6 Å². The molecule has 0 aliphatic carbocycles. The fourth-order valence-corrected chi connectivity index (χ4v) is 2.21. The summed E-state index contributed by atoms with van der Waals surface area (Å²) in [6.07, 6.45) is 5.69. The first-order valence-corrected chi connectivity index (χ1v) is 7.11. The highest BCUT2D eigenvalue weighted by Gasteiger charge is 2.29. The smallest absolute Gasteiger partial charge is 0.176 e. The molecule has 0 spiro atoms. The van der Waals surface area contributed by atoms with E-state index in [2.05, 4.69) is 5.92 Å². The Balaban J connectivity index is 2.34. The molecule has 0 aromatic heterocycles.